The first-order valence-electron chi connectivity index (χ1n) is 7.97. The van der Waals surface area contributed by atoms with Crippen LogP contribution in [-0.4, -0.2) is 16.1 Å². The molecule has 0 saturated carbocycles. The van der Waals surface area contributed by atoms with Gasteiger partial charge >= 0.3 is 5.97 Å². The molecule has 1 heterocycles. The normalized spacial score (nSPS) is 11.9. The zero-order chi connectivity index (χ0) is 17.6. The van der Waals surface area contributed by atoms with Crippen LogP contribution < -0.4 is 0 Å². The Morgan fingerprint density at radius 3 is 2.72 bits per heavy atom. The smallest absolute Gasteiger partial charge is 0.313 e. The molecule has 0 unspecified atom stereocenters. The average Bonchev–Trinajstić information content (AvgIpc) is 3.11. The molecule has 25 heavy (non-hydrogen) atoms. The van der Waals surface area contributed by atoms with Gasteiger partial charge in [0, 0.05) is 10.6 Å². The molecule has 1 atom stereocenters. The van der Waals surface area contributed by atoms with Crippen LogP contribution in [0.15, 0.2) is 59.1 Å². The summed E-state index contributed by atoms with van der Waals surface area (Å²) in [4.78, 5) is 16.6. The lowest BCUT2D eigenvalue weighted by molar-refractivity contribution is -0.147. The molecule has 5 nitrogen and oxygen atoms in total. The average molecular weight is 357 g/mol. The summed E-state index contributed by atoms with van der Waals surface area (Å²) in [5.74, 6) is 0.0302. The summed E-state index contributed by atoms with van der Waals surface area (Å²) in [5, 5.41) is 4.48. The van der Waals surface area contributed by atoms with Crippen molar-refractivity contribution in [2.24, 2.45) is 0 Å². The number of benzene rings is 2. The van der Waals surface area contributed by atoms with Gasteiger partial charge in [-0.2, -0.15) is 4.98 Å². The van der Waals surface area contributed by atoms with Gasteiger partial charge in [0.2, 0.25) is 5.82 Å². The highest BCUT2D eigenvalue weighted by Gasteiger charge is 2.21. The molecule has 128 valence electrons. The van der Waals surface area contributed by atoms with E-state index in [1.165, 1.54) is 0 Å². The Bertz CT molecular complexity index is 849. The van der Waals surface area contributed by atoms with Crippen LogP contribution in [-0.2, 0) is 16.1 Å². The Morgan fingerprint density at radius 2 is 2.00 bits per heavy atom. The Hall–Kier alpha value is -2.66. The maximum atomic E-state index is 12.3. The van der Waals surface area contributed by atoms with E-state index in [0.29, 0.717) is 17.3 Å². The molecular formula is C19H17ClN2O3. The molecule has 0 amide bonds. The molecule has 0 aliphatic heterocycles. The minimum atomic E-state index is -0.309. The number of esters is 1. The molecule has 0 N–H and O–H groups in total. The van der Waals surface area contributed by atoms with Crippen molar-refractivity contribution in [1.82, 2.24) is 10.1 Å². The van der Waals surface area contributed by atoms with E-state index in [0.717, 1.165) is 11.1 Å². The van der Waals surface area contributed by atoms with Gasteiger partial charge in [0.1, 0.15) is 0 Å². The first-order valence-corrected chi connectivity index (χ1v) is 8.35. The van der Waals surface area contributed by atoms with Crippen LogP contribution in [0.3, 0.4) is 0 Å². The van der Waals surface area contributed by atoms with E-state index in [2.05, 4.69) is 10.1 Å². The quantitative estimate of drug-likeness (QED) is 0.602. The topological polar surface area (TPSA) is 65.2 Å². The molecule has 6 heteroatoms. The third kappa shape index (κ3) is 4.25. The molecule has 0 spiro atoms. The lowest BCUT2D eigenvalue weighted by Crippen LogP contribution is -2.15. The summed E-state index contributed by atoms with van der Waals surface area (Å²) < 4.78 is 10.5. The van der Waals surface area contributed by atoms with Crippen LogP contribution in [0.4, 0.5) is 0 Å². The largest absolute Gasteiger partial charge is 0.455 e. The Balaban J connectivity index is 1.65. The van der Waals surface area contributed by atoms with Crippen molar-refractivity contribution in [3.8, 4) is 11.4 Å². The first kappa shape index (κ1) is 17.2. The Labute approximate surface area is 150 Å². The Morgan fingerprint density at radius 1 is 1.20 bits per heavy atom. The van der Waals surface area contributed by atoms with Crippen molar-refractivity contribution in [3.63, 3.8) is 0 Å². The molecule has 0 saturated heterocycles. The first-order chi connectivity index (χ1) is 12.2. The lowest BCUT2D eigenvalue weighted by Gasteiger charge is -2.13. The number of hydrogen-bond acceptors (Lipinski definition) is 5. The second-order valence-electron chi connectivity index (χ2n) is 5.50. The van der Waals surface area contributed by atoms with Crippen molar-refractivity contribution in [1.29, 1.82) is 0 Å². The van der Waals surface area contributed by atoms with Crippen molar-refractivity contribution < 1.29 is 14.1 Å². The monoisotopic (exact) mass is 356 g/mol. The van der Waals surface area contributed by atoms with Crippen LogP contribution in [0, 0.1) is 0 Å². The van der Waals surface area contributed by atoms with Gasteiger partial charge in [-0.3, -0.25) is 4.79 Å². The molecule has 3 aromatic rings. The second-order valence-corrected chi connectivity index (χ2v) is 5.94. The third-order valence-corrected chi connectivity index (χ3v) is 4.02. The van der Waals surface area contributed by atoms with Gasteiger partial charge in [-0.05, 0) is 24.1 Å². The summed E-state index contributed by atoms with van der Waals surface area (Å²) >= 11 is 5.96. The molecule has 1 aromatic heterocycles. The number of aromatic nitrogens is 2. The van der Waals surface area contributed by atoms with E-state index in [1.54, 1.807) is 18.2 Å². The fraction of sp³-hybridized carbons (Fsp3) is 0.211. The van der Waals surface area contributed by atoms with Gasteiger partial charge in [-0.15, -0.1) is 0 Å². The van der Waals surface area contributed by atoms with E-state index >= 15 is 0 Å². The van der Waals surface area contributed by atoms with Crippen molar-refractivity contribution >= 4 is 17.6 Å². The van der Waals surface area contributed by atoms with Gasteiger partial charge in [-0.25, -0.2) is 0 Å². The lowest BCUT2D eigenvalue weighted by atomic mass is 9.97. The van der Waals surface area contributed by atoms with Gasteiger partial charge in [0.25, 0.3) is 5.89 Å². The zero-order valence-corrected chi connectivity index (χ0v) is 14.4. The summed E-state index contributed by atoms with van der Waals surface area (Å²) in [6.45, 7) is 1.89. The molecule has 3 rings (SSSR count). The summed E-state index contributed by atoms with van der Waals surface area (Å²) in [7, 11) is 0. The molecular weight excluding hydrogens is 340 g/mol. The summed E-state index contributed by atoms with van der Waals surface area (Å²) in [5.41, 5.74) is 1.67. The van der Waals surface area contributed by atoms with E-state index in [4.69, 9.17) is 20.9 Å². The summed E-state index contributed by atoms with van der Waals surface area (Å²) in [6.07, 6.45) is 0.653. The number of halogens is 1. The maximum absolute atomic E-state index is 12.3. The second kappa shape index (κ2) is 7.94. The number of rotatable bonds is 6. The number of carbonyl (C=O) groups excluding carboxylic acids is 1. The van der Waals surface area contributed by atoms with E-state index < -0.39 is 0 Å². The van der Waals surface area contributed by atoms with Gasteiger partial charge < -0.3 is 9.26 Å². The third-order valence-electron chi connectivity index (χ3n) is 3.78. The highest BCUT2D eigenvalue weighted by atomic mass is 35.5. The molecule has 2 aromatic carbocycles. The molecule has 0 aliphatic rings. The van der Waals surface area contributed by atoms with Crippen LogP contribution in [0.25, 0.3) is 11.4 Å². The highest BCUT2D eigenvalue weighted by molar-refractivity contribution is 6.30. The standard InChI is InChI=1S/C19H17ClN2O3/c1-2-16(13-7-4-3-5-8-13)19(23)24-12-17-21-18(22-25-17)14-9-6-10-15(20)11-14/h3-11,16H,2,12H2,1H3/t16-/m0/s1. The predicted octanol–water partition coefficient (Wildman–Crippen LogP) is 4.63. The Kier molecular flexibility index (Phi) is 5.46. The van der Waals surface area contributed by atoms with Crippen LogP contribution >= 0.6 is 11.6 Å². The highest BCUT2D eigenvalue weighted by Crippen LogP contribution is 2.22. The molecule has 0 aliphatic carbocycles. The van der Waals surface area contributed by atoms with Crippen molar-refractivity contribution in [2.45, 2.75) is 25.9 Å². The number of hydrogen-bond donors (Lipinski definition) is 0. The van der Waals surface area contributed by atoms with E-state index in [-0.39, 0.29) is 24.4 Å². The predicted molar refractivity (Wildman–Crippen MR) is 94.0 cm³/mol. The van der Waals surface area contributed by atoms with Gasteiger partial charge in [0.15, 0.2) is 6.61 Å². The molecule has 0 fully saturated rings. The fourth-order valence-corrected chi connectivity index (χ4v) is 2.71. The van der Waals surface area contributed by atoms with Crippen LogP contribution in [0.1, 0.15) is 30.7 Å². The van der Waals surface area contributed by atoms with Gasteiger partial charge in [-0.1, -0.05) is 66.1 Å². The zero-order valence-electron chi connectivity index (χ0n) is 13.7. The maximum Gasteiger partial charge on any atom is 0.313 e. The van der Waals surface area contributed by atoms with Gasteiger partial charge in [0.05, 0.1) is 5.92 Å². The van der Waals surface area contributed by atoms with E-state index in [1.807, 2.05) is 43.3 Å². The number of nitrogens with zero attached hydrogens (tertiary/aromatic N) is 2. The molecule has 0 bridgehead atoms. The minimum Gasteiger partial charge on any atom is -0.455 e. The number of ether oxygens (including phenoxy) is 1. The van der Waals surface area contributed by atoms with Crippen molar-refractivity contribution in [3.05, 3.63) is 71.1 Å². The van der Waals surface area contributed by atoms with Crippen molar-refractivity contribution in [2.75, 3.05) is 0 Å². The van der Waals surface area contributed by atoms with Crippen LogP contribution in [0.2, 0.25) is 5.02 Å². The number of carbonyl (C=O) groups is 1. The minimum absolute atomic E-state index is 0.0598. The SMILES string of the molecule is CC[C@H](C(=O)OCc1nc(-c2cccc(Cl)c2)no1)c1ccccc1. The fourth-order valence-electron chi connectivity index (χ4n) is 2.52. The molecule has 0 radical (unpaired) electrons. The summed E-state index contributed by atoms with van der Waals surface area (Å²) in [6, 6.07) is 16.7. The van der Waals surface area contributed by atoms with E-state index in [9.17, 15) is 4.79 Å². The van der Waals surface area contributed by atoms with Crippen LogP contribution in [0.5, 0.6) is 0 Å².